The van der Waals surface area contributed by atoms with E-state index in [1.165, 1.54) is 0 Å². The summed E-state index contributed by atoms with van der Waals surface area (Å²) in [6.45, 7) is 0.185. The summed E-state index contributed by atoms with van der Waals surface area (Å²) in [4.78, 5) is 21.2. The molecule has 2 heterocycles. The third-order valence-electron chi connectivity index (χ3n) is 6.89. The van der Waals surface area contributed by atoms with Gasteiger partial charge in [-0.3, -0.25) is 5.10 Å². The van der Waals surface area contributed by atoms with Gasteiger partial charge in [0.2, 0.25) is 0 Å². The zero-order valence-electron chi connectivity index (χ0n) is 22.8. The molecule has 216 valence electrons. The van der Waals surface area contributed by atoms with Crippen molar-refractivity contribution in [3.8, 4) is 22.8 Å². The first-order valence-electron chi connectivity index (χ1n) is 13.5. The minimum absolute atomic E-state index is 0.185. The Morgan fingerprint density at radius 2 is 1.72 bits per heavy atom. The number of H-pyrrole nitrogens is 2. The number of nitrogens with two attached hydrogens (primary N) is 1. The number of urea groups is 1. The van der Waals surface area contributed by atoms with Crippen LogP contribution in [0.1, 0.15) is 23.0 Å². The number of fused-ring (bicyclic) bond motifs is 1. The van der Waals surface area contributed by atoms with Crippen LogP contribution in [0, 0.1) is 0 Å². The van der Waals surface area contributed by atoms with Crippen LogP contribution < -0.4 is 21.1 Å². The third-order valence-corrected chi connectivity index (χ3v) is 7.40. The maximum Gasteiger partial charge on any atom is 0.315 e. The second-order valence-corrected chi connectivity index (χ2v) is 10.7. The third kappa shape index (κ3) is 6.58. The molecule has 0 saturated heterocycles. The monoisotopic (exact) mass is 611 g/mol. The highest BCUT2D eigenvalue weighted by Gasteiger charge is 2.22. The molecule has 2 amide bonds. The van der Waals surface area contributed by atoms with Gasteiger partial charge in [-0.25, -0.2) is 9.78 Å². The summed E-state index contributed by atoms with van der Waals surface area (Å²) in [6, 6.07) is 29.3. The van der Waals surface area contributed by atoms with Crippen molar-refractivity contribution in [3.05, 3.63) is 124 Å². The van der Waals surface area contributed by atoms with E-state index in [9.17, 15) is 4.79 Å². The van der Waals surface area contributed by atoms with Crippen molar-refractivity contribution in [3.63, 3.8) is 0 Å². The lowest BCUT2D eigenvalue weighted by atomic mass is 10.1. The Morgan fingerprint density at radius 1 is 0.953 bits per heavy atom. The quantitative estimate of drug-likeness (QED) is 0.116. The molecule has 1 unspecified atom stereocenters. The number of aromatic amines is 2. The van der Waals surface area contributed by atoms with Gasteiger partial charge in [0, 0.05) is 28.1 Å². The molecule has 0 spiro atoms. The predicted molar refractivity (Wildman–Crippen MR) is 169 cm³/mol. The maximum atomic E-state index is 13.3. The van der Waals surface area contributed by atoms with Gasteiger partial charge in [-0.15, -0.1) is 0 Å². The van der Waals surface area contributed by atoms with Gasteiger partial charge in [0.25, 0.3) is 0 Å². The van der Waals surface area contributed by atoms with E-state index in [2.05, 4.69) is 25.8 Å². The van der Waals surface area contributed by atoms with Crippen molar-refractivity contribution in [1.29, 1.82) is 0 Å². The van der Waals surface area contributed by atoms with Crippen molar-refractivity contribution in [2.24, 2.45) is 0 Å². The number of anilines is 1. The summed E-state index contributed by atoms with van der Waals surface area (Å²) in [5.41, 5.74) is 9.76. The van der Waals surface area contributed by atoms with Gasteiger partial charge < -0.3 is 26.1 Å². The minimum atomic E-state index is -0.514. The molecular formula is C32H27Cl2N7O2. The number of hydrogen-bond acceptors (Lipinski definition) is 5. The molecule has 6 N–H and O–H groups in total. The van der Waals surface area contributed by atoms with E-state index in [1.807, 2.05) is 78.9 Å². The van der Waals surface area contributed by atoms with E-state index < -0.39 is 12.1 Å². The topological polar surface area (TPSA) is 134 Å². The van der Waals surface area contributed by atoms with Crippen molar-refractivity contribution >= 4 is 46.0 Å². The number of benzene rings is 4. The number of halogens is 2. The van der Waals surface area contributed by atoms with E-state index in [0.717, 1.165) is 27.6 Å². The Hall–Kier alpha value is -4.99. The van der Waals surface area contributed by atoms with Crippen LogP contribution in [0.3, 0.4) is 0 Å². The Morgan fingerprint density at radius 3 is 2.51 bits per heavy atom. The van der Waals surface area contributed by atoms with Crippen LogP contribution >= 0.6 is 23.2 Å². The van der Waals surface area contributed by atoms with E-state index >= 15 is 0 Å². The molecule has 6 rings (SSSR count). The van der Waals surface area contributed by atoms with Crippen molar-refractivity contribution in [1.82, 2.24) is 30.8 Å². The number of carbonyl (C=O) groups is 1. The van der Waals surface area contributed by atoms with Gasteiger partial charge in [0.15, 0.2) is 5.82 Å². The number of ether oxygens (including phenoxy) is 1. The van der Waals surface area contributed by atoms with Crippen LogP contribution in [0.25, 0.3) is 22.2 Å². The van der Waals surface area contributed by atoms with Crippen LogP contribution in [-0.4, -0.2) is 26.2 Å². The lowest BCUT2D eigenvalue weighted by molar-refractivity contribution is 0.236. The number of hydrogen-bond donors (Lipinski definition) is 5. The average molecular weight is 613 g/mol. The highest BCUT2D eigenvalue weighted by atomic mass is 35.5. The van der Waals surface area contributed by atoms with Crippen molar-refractivity contribution in [2.75, 3.05) is 5.73 Å². The van der Waals surface area contributed by atoms with Crippen LogP contribution in [0.4, 0.5) is 10.6 Å². The number of para-hydroxylation sites is 1. The van der Waals surface area contributed by atoms with Gasteiger partial charge in [0.1, 0.15) is 28.2 Å². The molecule has 0 bridgehead atoms. The number of carbonyl (C=O) groups excluding carboxylic acids is 1. The minimum Gasteiger partial charge on any atom is -0.457 e. The van der Waals surface area contributed by atoms with E-state index in [4.69, 9.17) is 38.7 Å². The zero-order chi connectivity index (χ0) is 29.8. The first-order chi connectivity index (χ1) is 20.9. The summed E-state index contributed by atoms with van der Waals surface area (Å²) in [5, 5.41) is 14.7. The molecule has 0 aliphatic rings. The van der Waals surface area contributed by atoms with E-state index in [0.29, 0.717) is 45.4 Å². The van der Waals surface area contributed by atoms with Gasteiger partial charge in [-0.05, 0) is 54.4 Å². The standard InChI is InChI=1S/C32H27Cl2N7O2/c33-22-12-14-27(43-23-9-5-2-6-10-23)21(16-22)18-36-32(42)37-26(15-19-7-3-1-4-8-19)31-38-28(29(34)39-31)20-11-13-24-25(17-20)40-41-30(24)35/h1-14,16-17,26H,15,18H2,(H,38,39)(H3,35,40,41)(H2,36,37,42). The van der Waals surface area contributed by atoms with Crippen LogP contribution in [0.2, 0.25) is 10.2 Å². The largest absolute Gasteiger partial charge is 0.457 e. The summed E-state index contributed by atoms with van der Waals surface area (Å²) >= 11 is 12.9. The Bertz CT molecular complexity index is 1870. The fourth-order valence-electron chi connectivity index (χ4n) is 4.77. The van der Waals surface area contributed by atoms with Crippen LogP contribution in [0.15, 0.2) is 97.1 Å². The smallest absolute Gasteiger partial charge is 0.315 e. The number of imidazole rings is 1. The lowest BCUT2D eigenvalue weighted by Crippen LogP contribution is -2.38. The SMILES string of the molecule is Nc1n[nH]c2cc(-c3nc(C(Cc4ccccc4)NC(=O)NCc4cc(Cl)ccc4Oc4ccccc4)[nH]c3Cl)ccc12. The molecule has 11 heteroatoms. The zero-order valence-corrected chi connectivity index (χ0v) is 24.3. The molecule has 4 aromatic carbocycles. The summed E-state index contributed by atoms with van der Waals surface area (Å²) in [5.74, 6) is 2.21. The summed E-state index contributed by atoms with van der Waals surface area (Å²) in [7, 11) is 0. The summed E-state index contributed by atoms with van der Waals surface area (Å²) in [6.07, 6.45) is 0.479. The molecule has 0 fully saturated rings. The number of nitrogen functional groups attached to an aromatic ring is 1. The normalized spacial score (nSPS) is 11.8. The fourth-order valence-corrected chi connectivity index (χ4v) is 5.21. The second-order valence-electron chi connectivity index (χ2n) is 9.89. The molecule has 9 nitrogen and oxygen atoms in total. The van der Waals surface area contributed by atoms with Gasteiger partial charge in [-0.1, -0.05) is 77.8 Å². The number of aromatic nitrogens is 4. The lowest BCUT2D eigenvalue weighted by Gasteiger charge is -2.18. The van der Waals surface area contributed by atoms with Crippen LogP contribution in [-0.2, 0) is 13.0 Å². The maximum absolute atomic E-state index is 13.3. The highest BCUT2D eigenvalue weighted by molar-refractivity contribution is 6.32. The molecule has 0 radical (unpaired) electrons. The first kappa shape index (κ1) is 28.1. The Labute approximate surface area is 257 Å². The number of nitrogens with zero attached hydrogens (tertiary/aromatic N) is 2. The van der Waals surface area contributed by atoms with Gasteiger partial charge in [-0.2, -0.15) is 5.10 Å². The molecular weight excluding hydrogens is 585 g/mol. The number of nitrogens with one attached hydrogen (secondary N) is 4. The number of amides is 2. The fraction of sp³-hybridized carbons (Fsp3) is 0.0938. The van der Waals surface area contributed by atoms with Crippen molar-refractivity contribution in [2.45, 2.75) is 19.0 Å². The number of rotatable bonds is 9. The highest BCUT2D eigenvalue weighted by Crippen LogP contribution is 2.32. The Kier molecular flexibility index (Phi) is 8.17. The molecule has 2 aromatic heterocycles. The predicted octanol–water partition coefficient (Wildman–Crippen LogP) is 7.42. The Balaban J connectivity index is 1.22. The average Bonchev–Trinajstić information content (AvgIpc) is 3.59. The molecule has 0 aliphatic heterocycles. The van der Waals surface area contributed by atoms with Gasteiger partial charge >= 0.3 is 6.03 Å². The van der Waals surface area contributed by atoms with E-state index in [-0.39, 0.29) is 6.54 Å². The van der Waals surface area contributed by atoms with E-state index in [1.54, 1.807) is 18.2 Å². The van der Waals surface area contributed by atoms with Crippen molar-refractivity contribution < 1.29 is 9.53 Å². The molecule has 6 aromatic rings. The summed E-state index contributed by atoms with van der Waals surface area (Å²) < 4.78 is 6.04. The molecule has 0 aliphatic carbocycles. The molecule has 0 saturated carbocycles. The van der Waals surface area contributed by atoms with Crippen LogP contribution in [0.5, 0.6) is 11.5 Å². The molecule has 1 atom stereocenters. The van der Waals surface area contributed by atoms with Gasteiger partial charge in [0.05, 0.1) is 11.6 Å². The molecule has 43 heavy (non-hydrogen) atoms. The first-order valence-corrected chi connectivity index (χ1v) is 14.3. The second kappa shape index (κ2) is 12.5.